The van der Waals surface area contributed by atoms with E-state index < -0.39 is 29.8 Å². The van der Waals surface area contributed by atoms with Crippen molar-refractivity contribution in [3.63, 3.8) is 0 Å². The topological polar surface area (TPSA) is 87.7 Å². The molecule has 2 unspecified atom stereocenters. The monoisotopic (exact) mass is 284 g/mol. The Labute approximate surface area is 115 Å². The summed E-state index contributed by atoms with van der Waals surface area (Å²) < 4.78 is 18.4. The Bertz CT molecular complexity index is 507. The maximum Gasteiger partial charge on any atom is 0.319 e. The summed E-state index contributed by atoms with van der Waals surface area (Å²) in [6.07, 6.45) is 0. The van der Waals surface area contributed by atoms with Gasteiger partial charge in [0.25, 0.3) is 0 Å². The quantitative estimate of drug-likeness (QED) is 0.772. The molecule has 0 radical (unpaired) electrons. The van der Waals surface area contributed by atoms with Gasteiger partial charge in [-0.2, -0.15) is 0 Å². The molecule has 0 bridgehead atoms. The van der Waals surface area contributed by atoms with Crippen LogP contribution in [0.3, 0.4) is 0 Å². The molecule has 1 rings (SSSR count). The van der Waals surface area contributed by atoms with E-state index in [0.717, 1.165) is 6.07 Å². The largest absolute Gasteiger partial charge is 0.497 e. The zero-order valence-electron chi connectivity index (χ0n) is 11.4. The summed E-state index contributed by atoms with van der Waals surface area (Å²) in [5, 5.41) is 13.6. The summed E-state index contributed by atoms with van der Waals surface area (Å²) in [5.41, 5.74) is -0.0444. The molecule has 0 spiro atoms. The second-order valence-electron chi connectivity index (χ2n) is 4.36. The maximum absolute atomic E-state index is 13.5. The first-order valence-corrected chi connectivity index (χ1v) is 5.99. The molecule has 7 heteroatoms. The summed E-state index contributed by atoms with van der Waals surface area (Å²) in [6.45, 7) is 3.03. The molecule has 0 aliphatic heterocycles. The molecule has 1 aromatic rings. The van der Waals surface area contributed by atoms with Gasteiger partial charge in [-0.05, 0) is 26.0 Å². The Balaban J connectivity index is 2.69. The molecule has 2 amide bonds. The molecule has 3 N–H and O–H groups in total. The summed E-state index contributed by atoms with van der Waals surface area (Å²) in [7, 11) is 1.42. The summed E-state index contributed by atoms with van der Waals surface area (Å²) in [4.78, 5) is 22.4. The van der Waals surface area contributed by atoms with Gasteiger partial charge in [-0.1, -0.05) is 0 Å². The highest BCUT2D eigenvalue weighted by Gasteiger charge is 2.21. The zero-order valence-corrected chi connectivity index (χ0v) is 11.4. The number of carbonyl (C=O) groups is 2. The molecule has 20 heavy (non-hydrogen) atoms. The van der Waals surface area contributed by atoms with E-state index in [-0.39, 0.29) is 5.69 Å². The number of carboxylic acids is 1. The first-order chi connectivity index (χ1) is 9.35. The van der Waals surface area contributed by atoms with Crippen LogP contribution in [0.4, 0.5) is 14.9 Å². The van der Waals surface area contributed by atoms with Crippen molar-refractivity contribution in [1.82, 2.24) is 5.32 Å². The van der Waals surface area contributed by atoms with Crippen molar-refractivity contribution in [3.8, 4) is 5.75 Å². The smallest absolute Gasteiger partial charge is 0.319 e. The van der Waals surface area contributed by atoms with Crippen LogP contribution in [0, 0.1) is 11.7 Å². The van der Waals surface area contributed by atoms with Crippen LogP contribution in [0.15, 0.2) is 18.2 Å². The van der Waals surface area contributed by atoms with E-state index in [1.807, 2.05) is 0 Å². The van der Waals surface area contributed by atoms with Crippen molar-refractivity contribution >= 4 is 17.7 Å². The van der Waals surface area contributed by atoms with Crippen molar-refractivity contribution in [1.29, 1.82) is 0 Å². The number of hydrogen-bond donors (Lipinski definition) is 3. The molecule has 0 aromatic heterocycles. The third-order valence-corrected chi connectivity index (χ3v) is 2.92. The number of carbonyl (C=O) groups excluding carboxylic acids is 1. The zero-order chi connectivity index (χ0) is 15.3. The number of ether oxygens (including phenoxy) is 1. The second-order valence-corrected chi connectivity index (χ2v) is 4.36. The average Bonchev–Trinajstić information content (AvgIpc) is 2.40. The van der Waals surface area contributed by atoms with E-state index in [1.165, 1.54) is 26.2 Å². The van der Waals surface area contributed by atoms with Gasteiger partial charge >= 0.3 is 12.0 Å². The van der Waals surface area contributed by atoms with E-state index in [1.54, 1.807) is 6.92 Å². The lowest BCUT2D eigenvalue weighted by molar-refractivity contribution is -0.141. The van der Waals surface area contributed by atoms with Crippen LogP contribution in [0.2, 0.25) is 0 Å². The second kappa shape index (κ2) is 6.74. The molecule has 0 aliphatic carbocycles. The third kappa shape index (κ3) is 4.11. The number of aliphatic carboxylic acids is 1. The molecule has 0 fully saturated rings. The molecule has 0 saturated heterocycles. The number of hydrogen-bond acceptors (Lipinski definition) is 3. The molecular weight excluding hydrogens is 267 g/mol. The minimum Gasteiger partial charge on any atom is -0.497 e. The highest BCUT2D eigenvalue weighted by molar-refractivity contribution is 5.90. The van der Waals surface area contributed by atoms with E-state index in [9.17, 15) is 14.0 Å². The number of methoxy groups -OCH3 is 1. The standard InChI is InChI=1S/C13H17FN2O4/c1-7(12(17)18)8(2)15-13(19)16-11-6-9(20-3)4-5-10(11)14/h4-8H,1-3H3,(H,17,18)(H2,15,16,19). The average molecular weight is 284 g/mol. The Morgan fingerprint density at radius 2 is 2.00 bits per heavy atom. The lowest BCUT2D eigenvalue weighted by Gasteiger charge is -2.18. The van der Waals surface area contributed by atoms with Crippen LogP contribution in [0.25, 0.3) is 0 Å². The maximum atomic E-state index is 13.5. The molecule has 0 heterocycles. The van der Waals surface area contributed by atoms with E-state index >= 15 is 0 Å². The first-order valence-electron chi connectivity index (χ1n) is 5.99. The van der Waals surface area contributed by atoms with Gasteiger partial charge in [0, 0.05) is 12.1 Å². The molecule has 0 aliphatic rings. The van der Waals surface area contributed by atoms with Crippen LogP contribution in [-0.2, 0) is 4.79 Å². The summed E-state index contributed by atoms with van der Waals surface area (Å²) >= 11 is 0. The van der Waals surface area contributed by atoms with Gasteiger partial charge in [0.2, 0.25) is 0 Å². The number of nitrogens with one attached hydrogen (secondary N) is 2. The SMILES string of the molecule is COc1ccc(F)c(NC(=O)NC(C)C(C)C(=O)O)c1. The van der Waals surface area contributed by atoms with Crippen LogP contribution in [-0.4, -0.2) is 30.3 Å². The lowest BCUT2D eigenvalue weighted by atomic mass is 10.0. The lowest BCUT2D eigenvalue weighted by Crippen LogP contribution is -2.42. The predicted molar refractivity (Wildman–Crippen MR) is 71.4 cm³/mol. The van der Waals surface area contributed by atoms with Gasteiger partial charge < -0.3 is 20.5 Å². The number of rotatable bonds is 5. The summed E-state index contributed by atoms with van der Waals surface area (Å²) in [6, 6.07) is 2.64. The van der Waals surface area contributed by atoms with Crippen molar-refractivity contribution in [2.45, 2.75) is 19.9 Å². The minimum atomic E-state index is -1.02. The van der Waals surface area contributed by atoms with E-state index in [4.69, 9.17) is 9.84 Å². The normalized spacial score (nSPS) is 13.2. The van der Waals surface area contributed by atoms with Crippen LogP contribution in [0.5, 0.6) is 5.75 Å². The van der Waals surface area contributed by atoms with E-state index in [0.29, 0.717) is 5.75 Å². The fourth-order valence-corrected chi connectivity index (χ4v) is 1.43. The minimum absolute atomic E-state index is 0.0444. The van der Waals surface area contributed by atoms with E-state index in [2.05, 4.69) is 10.6 Å². The van der Waals surface area contributed by atoms with Crippen molar-refractivity contribution in [3.05, 3.63) is 24.0 Å². The Morgan fingerprint density at radius 3 is 2.55 bits per heavy atom. The van der Waals surface area contributed by atoms with Gasteiger partial charge in [0.15, 0.2) is 0 Å². The highest BCUT2D eigenvalue weighted by Crippen LogP contribution is 2.20. The van der Waals surface area contributed by atoms with Gasteiger partial charge in [0.1, 0.15) is 11.6 Å². The summed E-state index contributed by atoms with van der Waals surface area (Å²) in [5.74, 6) is -1.99. The fraction of sp³-hybridized carbons (Fsp3) is 0.385. The van der Waals surface area contributed by atoms with Crippen LogP contribution < -0.4 is 15.4 Å². The van der Waals surface area contributed by atoms with Crippen LogP contribution in [0.1, 0.15) is 13.8 Å². The number of anilines is 1. The third-order valence-electron chi connectivity index (χ3n) is 2.92. The first kappa shape index (κ1) is 15.7. The highest BCUT2D eigenvalue weighted by atomic mass is 19.1. The van der Waals surface area contributed by atoms with Crippen molar-refractivity contribution in [2.75, 3.05) is 12.4 Å². The van der Waals surface area contributed by atoms with Crippen molar-refractivity contribution < 1.29 is 23.8 Å². The van der Waals surface area contributed by atoms with Crippen molar-refractivity contribution in [2.24, 2.45) is 5.92 Å². The Kier molecular flexibility index (Phi) is 5.31. The van der Waals surface area contributed by atoms with Gasteiger partial charge in [-0.3, -0.25) is 4.79 Å². The van der Waals surface area contributed by atoms with Gasteiger partial charge in [-0.15, -0.1) is 0 Å². The Morgan fingerprint density at radius 1 is 1.35 bits per heavy atom. The molecule has 1 aromatic carbocycles. The Hall–Kier alpha value is -2.31. The number of carboxylic acid groups (broad SMARTS) is 1. The molecule has 6 nitrogen and oxygen atoms in total. The number of benzene rings is 1. The van der Waals surface area contributed by atoms with Gasteiger partial charge in [0.05, 0.1) is 18.7 Å². The molecular formula is C13H17FN2O4. The number of halogens is 1. The predicted octanol–water partition coefficient (Wildman–Crippen LogP) is 2.06. The molecule has 2 atom stereocenters. The van der Waals surface area contributed by atoms with Crippen LogP contribution >= 0.6 is 0 Å². The number of amides is 2. The fourth-order valence-electron chi connectivity index (χ4n) is 1.43. The molecule has 110 valence electrons. The molecule has 0 saturated carbocycles. The number of urea groups is 1. The van der Waals surface area contributed by atoms with Gasteiger partial charge in [-0.25, -0.2) is 9.18 Å².